The number of hydrogen-bond acceptors (Lipinski definition) is 7. The number of anilines is 1. The van der Waals surface area contributed by atoms with Gasteiger partial charge in [0.05, 0.1) is 30.1 Å². The number of carbonyl (C=O) groups is 1. The lowest BCUT2D eigenvalue weighted by molar-refractivity contribution is -0.149. The third kappa shape index (κ3) is 5.91. The van der Waals surface area contributed by atoms with Crippen LogP contribution in [0.2, 0.25) is 0 Å². The molecule has 204 valence electrons. The first-order valence-electron chi connectivity index (χ1n) is 13.1. The number of aromatic nitrogens is 1. The van der Waals surface area contributed by atoms with Crippen LogP contribution in [0.4, 0.5) is 5.69 Å². The molecule has 2 aliphatic rings. The Kier molecular flexibility index (Phi) is 7.33. The highest BCUT2D eigenvalue weighted by atomic mass is 32.2. The molecule has 1 amide bonds. The van der Waals surface area contributed by atoms with Crippen molar-refractivity contribution in [2.24, 2.45) is 0 Å². The van der Waals surface area contributed by atoms with E-state index in [0.29, 0.717) is 18.7 Å². The van der Waals surface area contributed by atoms with E-state index in [4.69, 9.17) is 4.74 Å². The second-order valence-electron chi connectivity index (χ2n) is 11.0. The Hall–Kier alpha value is -3.52. The van der Waals surface area contributed by atoms with E-state index in [1.54, 1.807) is 17.2 Å². The Morgan fingerprint density at radius 1 is 1.15 bits per heavy atom. The second-order valence-corrected chi connectivity index (χ2v) is 12.9. The van der Waals surface area contributed by atoms with Gasteiger partial charge in [-0.15, -0.1) is 0 Å². The molecule has 1 atom stereocenters. The van der Waals surface area contributed by atoms with Crippen molar-refractivity contribution in [2.75, 3.05) is 37.8 Å². The molecule has 0 spiro atoms. The van der Waals surface area contributed by atoms with Gasteiger partial charge in [-0.05, 0) is 73.5 Å². The first kappa shape index (κ1) is 27.1. The molecule has 9 nitrogen and oxygen atoms in total. The molecule has 1 N–H and O–H groups in total. The van der Waals surface area contributed by atoms with Crippen molar-refractivity contribution in [3.05, 3.63) is 60.4 Å². The lowest BCUT2D eigenvalue weighted by Crippen LogP contribution is -2.61. The van der Waals surface area contributed by atoms with Gasteiger partial charge >= 0.3 is 0 Å². The molecule has 0 radical (unpaired) electrons. The Labute approximate surface area is 229 Å². The third-order valence-corrected chi connectivity index (χ3v) is 8.71. The molecule has 2 saturated heterocycles. The number of sulfonamides is 1. The van der Waals surface area contributed by atoms with Gasteiger partial charge in [0.2, 0.25) is 15.9 Å². The van der Waals surface area contributed by atoms with Crippen LogP contribution in [0.15, 0.2) is 54.9 Å². The van der Waals surface area contributed by atoms with Gasteiger partial charge in [0.15, 0.2) is 0 Å². The fourth-order valence-electron chi connectivity index (χ4n) is 5.39. The smallest absolute Gasteiger partial charge is 0.243 e. The van der Waals surface area contributed by atoms with E-state index in [0.717, 1.165) is 46.7 Å². The van der Waals surface area contributed by atoms with Crippen LogP contribution in [0.1, 0.15) is 32.3 Å². The molecule has 5 rings (SSSR count). The molecule has 39 heavy (non-hydrogen) atoms. The van der Waals surface area contributed by atoms with Crippen LogP contribution in [0.5, 0.6) is 0 Å². The molecular weight excluding hydrogens is 514 g/mol. The molecule has 10 heteroatoms. The van der Waals surface area contributed by atoms with Gasteiger partial charge in [0.1, 0.15) is 6.04 Å². The lowest BCUT2D eigenvalue weighted by Gasteiger charge is -2.43. The van der Waals surface area contributed by atoms with Gasteiger partial charge in [-0.3, -0.25) is 9.78 Å². The van der Waals surface area contributed by atoms with E-state index in [1.807, 2.05) is 44.3 Å². The number of benzene rings is 2. The van der Waals surface area contributed by atoms with Gasteiger partial charge in [0, 0.05) is 49.1 Å². The maximum Gasteiger partial charge on any atom is 0.243 e. The average Bonchev–Trinajstić information content (AvgIpc) is 2.92. The zero-order valence-corrected chi connectivity index (χ0v) is 23.2. The number of piperidine rings is 1. The number of pyridine rings is 1. The summed E-state index contributed by atoms with van der Waals surface area (Å²) in [5.41, 5.74) is 2.88. The molecule has 1 aromatic heterocycles. The lowest BCUT2D eigenvalue weighted by atomic mass is 9.98. The molecule has 0 unspecified atom stereocenters. The van der Waals surface area contributed by atoms with E-state index in [2.05, 4.69) is 28.5 Å². The van der Waals surface area contributed by atoms with Crippen molar-refractivity contribution >= 4 is 32.4 Å². The number of nitriles is 1. The van der Waals surface area contributed by atoms with Gasteiger partial charge < -0.3 is 15.0 Å². The maximum absolute atomic E-state index is 13.4. The van der Waals surface area contributed by atoms with Crippen LogP contribution >= 0.6 is 0 Å². The number of amides is 1. The minimum Gasteiger partial charge on any atom is -0.382 e. The summed E-state index contributed by atoms with van der Waals surface area (Å²) in [6, 6.07) is 15.2. The number of nitrogens with zero attached hydrogens (tertiary/aromatic N) is 4. The largest absolute Gasteiger partial charge is 0.382 e. The first-order valence-corrected chi connectivity index (χ1v) is 14.9. The number of ether oxygens (including phenoxy) is 1. The highest BCUT2D eigenvalue weighted by Crippen LogP contribution is 2.33. The summed E-state index contributed by atoms with van der Waals surface area (Å²) in [6.45, 7) is 4.90. The maximum atomic E-state index is 13.4. The van der Waals surface area contributed by atoms with Crippen molar-refractivity contribution in [1.29, 1.82) is 5.26 Å². The van der Waals surface area contributed by atoms with Crippen LogP contribution in [0, 0.1) is 11.3 Å². The van der Waals surface area contributed by atoms with E-state index in [-0.39, 0.29) is 25.1 Å². The Balaban J connectivity index is 1.31. The SMILES string of the molecule is CC1(C)CN(S(C)(=O)=O)[C@H](C(=O)N2CCC(Nc3cc(-c4cccc(C#N)c4)cc4ccncc34)CC2)CO1. The summed E-state index contributed by atoms with van der Waals surface area (Å²) in [7, 11) is -3.56. The Morgan fingerprint density at radius 3 is 2.64 bits per heavy atom. The molecule has 3 aromatic rings. The molecule has 0 aliphatic carbocycles. The van der Waals surface area contributed by atoms with Crippen LogP contribution in [0.25, 0.3) is 21.9 Å². The predicted octanol–water partition coefficient (Wildman–Crippen LogP) is 3.62. The zero-order chi connectivity index (χ0) is 27.8. The van der Waals surface area contributed by atoms with Gasteiger partial charge in [-0.25, -0.2) is 8.42 Å². The van der Waals surface area contributed by atoms with Crippen molar-refractivity contribution in [1.82, 2.24) is 14.2 Å². The summed E-state index contributed by atoms with van der Waals surface area (Å²) >= 11 is 0. The number of hydrogen-bond donors (Lipinski definition) is 1. The van der Waals surface area contributed by atoms with Crippen LogP contribution in [0.3, 0.4) is 0 Å². The van der Waals surface area contributed by atoms with Crippen LogP contribution in [-0.2, 0) is 19.6 Å². The van der Waals surface area contributed by atoms with Gasteiger partial charge in [-0.1, -0.05) is 12.1 Å². The minimum atomic E-state index is -3.56. The summed E-state index contributed by atoms with van der Waals surface area (Å²) < 4.78 is 32.1. The summed E-state index contributed by atoms with van der Waals surface area (Å²) in [4.78, 5) is 19.5. The average molecular weight is 548 g/mol. The minimum absolute atomic E-state index is 0.0515. The quantitative estimate of drug-likeness (QED) is 0.519. The molecule has 2 fully saturated rings. The molecule has 0 saturated carbocycles. The molecule has 0 bridgehead atoms. The van der Waals surface area contributed by atoms with Crippen molar-refractivity contribution in [3.8, 4) is 17.2 Å². The molecule has 3 heterocycles. The molecular formula is C29H33N5O4S. The van der Waals surface area contributed by atoms with Crippen LogP contribution in [-0.4, -0.2) is 78.7 Å². The Morgan fingerprint density at radius 2 is 1.92 bits per heavy atom. The van der Waals surface area contributed by atoms with Gasteiger partial charge in [0.25, 0.3) is 0 Å². The molecule has 2 aliphatic heterocycles. The van der Waals surface area contributed by atoms with Gasteiger partial charge in [-0.2, -0.15) is 9.57 Å². The standard InChI is InChI=1S/C29H33N5O4S/c1-29(2)19-34(39(3,36)37)27(18-38-29)28(35)33-11-8-24(9-12-33)32-26-15-23(14-22-7-10-31-17-25(22)26)21-6-4-5-20(13-21)16-30/h4-7,10,13-15,17,24,27,32H,8-9,11-12,18-19H2,1-3H3/t27-/m0/s1. The Bertz CT molecular complexity index is 1540. The number of likely N-dealkylation sites (tertiary alicyclic amines) is 1. The monoisotopic (exact) mass is 547 g/mol. The highest BCUT2D eigenvalue weighted by molar-refractivity contribution is 7.88. The fourth-order valence-corrected chi connectivity index (χ4v) is 6.55. The van der Waals surface area contributed by atoms with E-state index < -0.39 is 21.7 Å². The second kappa shape index (κ2) is 10.6. The summed E-state index contributed by atoms with van der Waals surface area (Å²) in [5.74, 6) is -0.205. The summed E-state index contributed by atoms with van der Waals surface area (Å²) in [6.07, 6.45) is 6.20. The van der Waals surface area contributed by atoms with E-state index >= 15 is 0 Å². The summed E-state index contributed by atoms with van der Waals surface area (Å²) in [5, 5.41) is 15.1. The number of morpholine rings is 1. The third-order valence-electron chi connectivity index (χ3n) is 7.47. The predicted molar refractivity (Wildman–Crippen MR) is 150 cm³/mol. The fraction of sp³-hybridized carbons (Fsp3) is 0.414. The van der Waals surface area contributed by atoms with Crippen molar-refractivity contribution in [3.63, 3.8) is 0 Å². The topological polar surface area (TPSA) is 116 Å². The zero-order valence-electron chi connectivity index (χ0n) is 22.4. The van der Waals surface area contributed by atoms with E-state index in [1.165, 1.54) is 4.31 Å². The highest BCUT2D eigenvalue weighted by Gasteiger charge is 2.44. The molecule has 2 aromatic carbocycles. The van der Waals surface area contributed by atoms with Crippen molar-refractivity contribution < 1.29 is 17.9 Å². The number of carbonyl (C=O) groups excluding carboxylic acids is 1. The number of rotatable bonds is 5. The number of fused-ring (bicyclic) bond motifs is 1. The number of nitrogens with one attached hydrogen (secondary N) is 1. The van der Waals surface area contributed by atoms with Crippen molar-refractivity contribution in [2.45, 2.75) is 44.4 Å². The van der Waals surface area contributed by atoms with Crippen LogP contribution < -0.4 is 5.32 Å². The normalized spacial score (nSPS) is 20.5. The first-order chi connectivity index (χ1) is 18.5. The van der Waals surface area contributed by atoms with E-state index in [9.17, 15) is 18.5 Å².